The van der Waals surface area contributed by atoms with Gasteiger partial charge in [0, 0.05) is 32.2 Å². The van der Waals surface area contributed by atoms with Crippen molar-refractivity contribution in [1.82, 2.24) is 0 Å². The molecule has 0 amide bonds. The molecule has 0 saturated heterocycles. The Labute approximate surface area is 168 Å². The summed E-state index contributed by atoms with van der Waals surface area (Å²) in [6.07, 6.45) is 0. The molecule has 0 saturated carbocycles. The fourth-order valence-corrected chi connectivity index (χ4v) is 4.74. The van der Waals surface area contributed by atoms with E-state index in [1.807, 2.05) is 60.7 Å². The summed E-state index contributed by atoms with van der Waals surface area (Å²) in [4.78, 5) is 26.4. The van der Waals surface area contributed by atoms with E-state index in [1.165, 1.54) is 41.7 Å². The van der Waals surface area contributed by atoms with Crippen LogP contribution in [-0.4, -0.2) is 4.92 Å². The van der Waals surface area contributed by atoms with Crippen LogP contribution in [0.15, 0.2) is 108 Å². The van der Waals surface area contributed by atoms with Gasteiger partial charge in [0.2, 0.25) is 0 Å². The van der Waals surface area contributed by atoms with Crippen LogP contribution in [0.4, 0.5) is 5.69 Å². The molecule has 0 unspecified atom stereocenters. The third kappa shape index (κ3) is 3.81. The highest BCUT2D eigenvalue weighted by atomic mass is 32.2. The second-order valence-electron chi connectivity index (χ2n) is 5.82. The van der Waals surface area contributed by atoms with E-state index < -0.39 is 10.5 Å². The van der Waals surface area contributed by atoms with Gasteiger partial charge in [-0.2, -0.15) is 0 Å². The number of nitrogens with zero attached hydrogens (tertiary/aromatic N) is 1. The van der Waals surface area contributed by atoms with Crippen LogP contribution in [0.2, 0.25) is 0 Å². The normalized spacial score (nSPS) is 10.9. The summed E-state index contributed by atoms with van der Waals surface area (Å²) in [5, 5.41) is 11.8. The van der Waals surface area contributed by atoms with Crippen molar-refractivity contribution in [3.8, 4) is 0 Å². The Hall–Kier alpha value is -3.03. The molecule has 0 aliphatic carbocycles. The zero-order valence-corrected chi connectivity index (χ0v) is 16.0. The van der Waals surface area contributed by atoms with Gasteiger partial charge in [-0.05, 0) is 30.3 Å². The van der Waals surface area contributed by atoms with E-state index in [4.69, 9.17) is 4.42 Å². The van der Waals surface area contributed by atoms with Crippen molar-refractivity contribution in [2.45, 2.75) is 19.6 Å². The van der Waals surface area contributed by atoms with Gasteiger partial charge in [0.15, 0.2) is 0 Å². The summed E-state index contributed by atoms with van der Waals surface area (Å²) in [5.41, 5.74) is -0.188. The first-order valence-corrected chi connectivity index (χ1v) is 9.96. The average Bonchev–Trinajstić information content (AvgIpc) is 2.71. The first-order valence-electron chi connectivity index (χ1n) is 8.33. The number of hydrogen-bond donors (Lipinski definition) is 0. The molecule has 7 heteroatoms. The molecule has 0 bridgehead atoms. The number of benzene rings is 3. The van der Waals surface area contributed by atoms with Crippen molar-refractivity contribution in [2.24, 2.45) is 0 Å². The van der Waals surface area contributed by atoms with Crippen LogP contribution in [0.5, 0.6) is 0 Å². The summed E-state index contributed by atoms with van der Waals surface area (Å²) in [5.74, 6) is 0. The van der Waals surface area contributed by atoms with Crippen LogP contribution >= 0.6 is 23.5 Å². The molecule has 0 spiro atoms. The minimum absolute atomic E-state index is 0.0491. The Kier molecular flexibility index (Phi) is 5.18. The van der Waals surface area contributed by atoms with Crippen molar-refractivity contribution in [3.05, 3.63) is 99.4 Å². The number of rotatable bonds is 5. The highest BCUT2D eigenvalue weighted by Crippen LogP contribution is 2.41. The minimum Gasteiger partial charge on any atom is -0.422 e. The van der Waals surface area contributed by atoms with E-state index >= 15 is 0 Å². The van der Waals surface area contributed by atoms with E-state index in [0.717, 1.165) is 9.79 Å². The van der Waals surface area contributed by atoms with Crippen LogP contribution in [0.3, 0.4) is 0 Å². The van der Waals surface area contributed by atoms with Crippen molar-refractivity contribution < 1.29 is 9.34 Å². The molecule has 5 nitrogen and oxygen atoms in total. The smallest absolute Gasteiger partial charge is 0.351 e. The second-order valence-corrected chi connectivity index (χ2v) is 7.98. The molecule has 0 fully saturated rings. The van der Waals surface area contributed by atoms with Crippen LogP contribution in [0.25, 0.3) is 11.0 Å². The van der Waals surface area contributed by atoms with Gasteiger partial charge in [-0.15, -0.1) is 0 Å². The molecule has 0 radical (unpaired) electrons. The Morgan fingerprint density at radius 2 is 1.36 bits per heavy atom. The fraction of sp³-hybridized carbons (Fsp3) is 0. The molecule has 28 heavy (non-hydrogen) atoms. The highest BCUT2D eigenvalue weighted by Gasteiger charge is 2.19. The molecule has 3 aromatic carbocycles. The third-order valence-corrected chi connectivity index (χ3v) is 6.29. The third-order valence-electron chi connectivity index (χ3n) is 3.94. The zero-order valence-electron chi connectivity index (χ0n) is 14.4. The number of non-ortho nitro benzene ring substituents is 1. The number of nitro benzene ring substituents is 1. The lowest BCUT2D eigenvalue weighted by Crippen LogP contribution is -2.04. The van der Waals surface area contributed by atoms with Gasteiger partial charge in [-0.3, -0.25) is 10.1 Å². The monoisotopic (exact) mass is 407 g/mol. The Morgan fingerprint density at radius 3 is 1.93 bits per heavy atom. The molecule has 0 atom stereocenters. The van der Waals surface area contributed by atoms with E-state index in [-0.39, 0.29) is 5.69 Å². The largest absolute Gasteiger partial charge is 0.422 e. The zero-order chi connectivity index (χ0) is 19.5. The van der Waals surface area contributed by atoms with Gasteiger partial charge in [-0.1, -0.05) is 59.9 Å². The second kappa shape index (κ2) is 7.92. The van der Waals surface area contributed by atoms with Gasteiger partial charge in [-0.25, -0.2) is 4.79 Å². The van der Waals surface area contributed by atoms with Gasteiger partial charge in [0.05, 0.1) is 4.92 Å². The van der Waals surface area contributed by atoms with E-state index in [0.29, 0.717) is 20.8 Å². The SMILES string of the molecule is O=c1oc2ccc([N+](=O)[O-])cc2c(Sc2ccccc2)c1Sc1ccccc1. The van der Waals surface area contributed by atoms with Gasteiger partial charge >= 0.3 is 5.63 Å². The fourth-order valence-electron chi connectivity index (χ4n) is 2.66. The molecular formula is C21H13NO4S2. The maximum Gasteiger partial charge on any atom is 0.351 e. The summed E-state index contributed by atoms with van der Waals surface area (Å²) in [7, 11) is 0. The van der Waals surface area contributed by atoms with E-state index in [2.05, 4.69) is 0 Å². The molecule has 4 aromatic rings. The van der Waals surface area contributed by atoms with Gasteiger partial charge in [0.25, 0.3) is 5.69 Å². The van der Waals surface area contributed by atoms with Crippen molar-refractivity contribution >= 4 is 40.2 Å². The lowest BCUT2D eigenvalue weighted by atomic mass is 10.2. The molecule has 4 rings (SSSR count). The predicted octanol–water partition coefficient (Wildman–Crippen LogP) is 6.00. The van der Waals surface area contributed by atoms with Gasteiger partial charge < -0.3 is 4.42 Å². The first kappa shape index (κ1) is 18.3. The summed E-state index contributed by atoms with van der Waals surface area (Å²) < 4.78 is 5.47. The number of fused-ring (bicyclic) bond motifs is 1. The van der Waals surface area contributed by atoms with Gasteiger partial charge in [0.1, 0.15) is 10.5 Å². The maximum atomic E-state index is 12.7. The van der Waals surface area contributed by atoms with Crippen molar-refractivity contribution in [3.63, 3.8) is 0 Å². The predicted molar refractivity (Wildman–Crippen MR) is 110 cm³/mol. The standard InChI is InChI=1S/C21H13NO4S2/c23-21-20(28-16-9-5-2-6-10-16)19(27-15-7-3-1-4-8-15)17-13-14(22(24)25)11-12-18(17)26-21/h1-13H. The summed E-state index contributed by atoms with van der Waals surface area (Å²) in [6, 6.07) is 23.3. The molecule has 138 valence electrons. The maximum absolute atomic E-state index is 12.7. The van der Waals surface area contributed by atoms with E-state index in [9.17, 15) is 14.9 Å². The van der Waals surface area contributed by atoms with E-state index in [1.54, 1.807) is 0 Å². The quantitative estimate of drug-likeness (QED) is 0.229. The highest BCUT2D eigenvalue weighted by molar-refractivity contribution is 8.02. The number of hydrogen-bond acceptors (Lipinski definition) is 6. The van der Waals surface area contributed by atoms with Crippen LogP contribution < -0.4 is 5.63 Å². The van der Waals surface area contributed by atoms with Crippen LogP contribution in [-0.2, 0) is 0 Å². The van der Waals surface area contributed by atoms with Crippen molar-refractivity contribution in [1.29, 1.82) is 0 Å². The molecular weight excluding hydrogens is 394 g/mol. The summed E-state index contributed by atoms with van der Waals surface area (Å²) >= 11 is 2.69. The average molecular weight is 407 g/mol. The summed E-state index contributed by atoms with van der Waals surface area (Å²) in [6.45, 7) is 0. The lowest BCUT2D eigenvalue weighted by Gasteiger charge is -2.11. The lowest BCUT2D eigenvalue weighted by molar-refractivity contribution is -0.384. The Bertz CT molecular complexity index is 1210. The van der Waals surface area contributed by atoms with Crippen LogP contribution in [0.1, 0.15) is 0 Å². The van der Waals surface area contributed by atoms with Crippen molar-refractivity contribution in [2.75, 3.05) is 0 Å². The molecule has 0 aliphatic heterocycles. The molecule has 0 N–H and O–H groups in total. The molecule has 0 aliphatic rings. The molecule has 1 heterocycles. The Morgan fingerprint density at radius 1 is 0.786 bits per heavy atom. The first-order chi connectivity index (χ1) is 13.6. The molecule has 1 aromatic heterocycles. The number of nitro groups is 1. The van der Waals surface area contributed by atoms with Crippen LogP contribution in [0, 0.1) is 10.1 Å². The Balaban J connectivity index is 1.94. The topological polar surface area (TPSA) is 73.3 Å². The minimum atomic E-state index is -0.464.